The maximum absolute atomic E-state index is 11.6. The molecule has 0 radical (unpaired) electrons. The van der Waals surface area contributed by atoms with Crippen LogP contribution in [0.25, 0.3) is 0 Å². The Hall–Kier alpha value is -1.88. The molecule has 0 spiro atoms. The topological polar surface area (TPSA) is 59.8 Å². The summed E-state index contributed by atoms with van der Waals surface area (Å²) in [6, 6.07) is 7.42. The van der Waals surface area contributed by atoms with Gasteiger partial charge in [-0.3, -0.25) is 9.48 Å². The highest BCUT2D eigenvalue weighted by Crippen LogP contribution is 2.10. The molecule has 0 bridgehead atoms. The fourth-order valence-electron chi connectivity index (χ4n) is 1.50. The summed E-state index contributed by atoms with van der Waals surface area (Å²) >= 11 is 5.86. The van der Waals surface area contributed by atoms with E-state index < -0.39 is 0 Å². The molecular formula is C12H13ClN4O. The Balaban J connectivity index is 1.75. The van der Waals surface area contributed by atoms with Gasteiger partial charge in [0, 0.05) is 18.0 Å². The molecule has 5 nitrogen and oxygen atoms in total. The SMILES string of the molecule is O=C(CCn1cncn1)NCc1cccc(Cl)c1. The Morgan fingerprint density at radius 1 is 1.44 bits per heavy atom. The highest BCUT2D eigenvalue weighted by atomic mass is 35.5. The molecule has 0 atom stereocenters. The molecule has 0 fully saturated rings. The van der Waals surface area contributed by atoms with Crippen LogP contribution in [-0.4, -0.2) is 20.7 Å². The number of nitrogens with one attached hydrogen (secondary N) is 1. The predicted molar refractivity (Wildman–Crippen MR) is 67.9 cm³/mol. The van der Waals surface area contributed by atoms with Gasteiger partial charge in [-0.2, -0.15) is 5.10 Å². The van der Waals surface area contributed by atoms with Gasteiger partial charge in [0.05, 0.1) is 6.54 Å². The molecule has 0 aliphatic heterocycles. The molecule has 0 aliphatic rings. The van der Waals surface area contributed by atoms with Crippen LogP contribution in [0.4, 0.5) is 0 Å². The lowest BCUT2D eigenvalue weighted by atomic mass is 10.2. The number of hydrogen-bond acceptors (Lipinski definition) is 3. The van der Waals surface area contributed by atoms with Gasteiger partial charge in [0.2, 0.25) is 5.91 Å². The third kappa shape index (κ3) is 3.85. The molecule has 0 saturated carbocycles. The van der Waals surface area contributed by atoms with Gasteiger partial charge >= 0.3 is 0 Å². The zero-order chi connectivity index (χ0) is 12.8. The summed E-state index contributed by atoms with van der Waals surface area (Å²) in [4.78, 5) is 15.4. The Morgan fingerprint density at radius 2 is 2.33 bits per heavy atom. The molecule has 0 unspecified atom stereocenters. The molecule has 94 valence electrons. The van der Waals surface area contributed by atoms with Gasteiger partial charge in [-0.05, 0) is 17.7 Å². The van der Waals surface area contributed by atoms with Crippen LogP contribution < -0.4 is 5.32 Å². The van der Waals surface area contributed by atoms with E-state index in [2.05, 4.69) is 15.4 Å². The minimum absolute atomic E-state index is 0.0227. The second-order valence-corrected chi connectivity index (χ2v) is 4.25. The number of benzene rings is 1. The fraction of sp³-hybridized carbons (Fsp3) is 0.250. The highest BCUT2D eigenvalue weighted by molar-refractivity contribution is 6.30. The summed E-state index contributed by atoms with van der Waals surface area (Å²) < 4.78 is 1.62. The molecule has 2 aromatic rings. The van der Waals surface area contributed by atoms with Crippen LogP contribution in [0.1, 0.15) is 12.0 Å². The molecule has 0 aliphatic carbocycles. The highest BCUT2D eigenvalue weighted by Gasteiger charge is 2.02. The van der Waals surface area contributed by atoms with E-state index in [4.69, 9.17) is 11.6 Å². The normalized spacial score (nSPS) is 10.3. The van der Waals surface area contributed by atoms with Gasteiger partial charge in [-0.25, -0.2) is 4.98 Å². The van der Waals surface area contributed by atoms with E-state index in [0.29, 0.717) is 24.5 Å². The molecule has 1 amide bonds. The van der Waals surface area contributed by atoms with Gasteiger partial charge < -0.3 is 5.32 Å². The molecule has 18 heavy (non-hydrogen) atoms. The first-order chi connectivity index (χ1) is 8.74. The van der Waals surface area contributed by atoms with Crippen molar-refractivity contribution < 1.29 is 4.79 Å². The molecular weight excluding hydrogens is 252 g/mol. The van der Waals surface area contributed by atoms with E-state index in [9.17, 15) is 4.79 Å². The lowest BCUT2D eigenvalue weighted by Gasteiger charge is -2.05. The van der Waals surface area contributed by atoms with E-state index in [0.717, 1.165) is 5.56 Å². The van der Waals surface area contributed by atoms with Crippen molar-refractivity contribution in [2.75, 3.05) is 0 Å². The number of hydrogen-bond donors (Lipinski definition) is 1. The van der Waals surface area contributed by atoms with E-state index in [-0.39, 0.29) is 5.91 Å². The average molecular weight is 265 g/mol. The Kier molecular flexibility index (Phi) is 4.30. The lowest BCUT2D eigenvalue weighted by molar-refractivity contribution is -0.121. The van der Waals surface area contributed by atoms with E-state index in [1.165, 1.54) is 6.33 Å². The zero-order valence-corrected chi connectivity index (χ0v) is 10.5. The quantitative estimate of drug-likeness (QED) is 0.893. The van der Waals surface area contributed by atoms with Crippen LogP contribution in [0.5, 0.6) is 0 Å². The summed E-state index contributed by atoms with van der Waals surface area (Å²) in [7, 11) is 0. The maximum atomic E-state index is 11.6. The monoisotopic (exact) mass is 264 g/mol. The first-order valence-electron chi connectivity index (χ1n) is 5.57. The van der Waals surface area contributed by atoms with Gasteiger partial charge in [0.1, 0.15) is 12.7 Å². The number of amides is 1. The number of aryl methyl sites for hydroxylation is 1. The van der Waals surface area contributed by atoms with E-state index in [1.807, 2.05) is 18.2 Å². The summed E-state index contributed by atoms with van der Waals surface area (Å²) in [5, 5.41) is 7.43. The zero-order valence-electron chi connectivity index (χ0n) is 9.71. The molecule has 6 heteroatoms. The molecule has 1 aromatic heterocycles. The standard InChI is InChI=1S/C12H13ClN4O/c13-11-3-1-2-10(6-11)7-15-12(18)4-5-17-9-14-8-16-17/h1-3,6,8-9H,4-5,7H2,(H,15,18). The summed E-state index contributed by atoms with van der Waals surface area (Å²) in [6.45, 7) is 1.01. The van der Waals surface area contributed by atoms with Crippen LogP contribution >= 0.6 is 11.6 Å². The van der Waals surface area contributed by atoms with E-state index >= 15 is 0 Å². The number of nitrogens with zero attached hydrogens (tertiary/aromatic N) is 3. The molecule has 0 saturated heterocycles. The lowest BCUT2D eigenvalue weighted by Crippen LogP contribution is -2.24. The van der Waals surface area contributed by atoms with Gasteiger partial charge in [-0.1, -0.05) is 23.7 Å². The van der Waals surface area contributed by atoms with Gasteiger partial charge in [0.15, 0.2) is 0 Å². The molecule has 1 aromatic carbocycles. The van der Waals surface area contributed by atoms with Crippen molar-refractivity contribution in [2.24, 2.45) is 0 Å². The third-order valence-corrected chi connectivity index (χ3v) is 2.65. The summed E-state index contributed by atoms with van der Waals surface area (Å²) in [6.07, 6.45) is 3.41. The fourth-order valence-corrected chi connectivity index (χ4v) is 1.71. The van der Waals surface area contributed by atoms with Crippen molar-refractivity contribution >= 4 is 17.5 Å². The number of carbonyl (C=O) groups is 1. The Labute approximate surface area is 110 Å². The van der Waals surface area contributed by atoms with Crippen molar-refractivity contribution in [1.29, 1.82) is 0 Å². The maximum Gasteiger partial charge on any atom is 0.222 e. The van der Waals surface area contributed by atoms with E-state index in [1.54, 1.807) is 17.1 Å². The van der Waals surface area contributed by atoms with Crippen molar-refractivity contribution in [3.8, 4) is 0 Å². The predicted octanol–water partition coefficient (Wildman–Crippen LogP) is 1.64. The molecule has 2 rings (SSSR count). The third-order valence-electron chi connectivity index (χ3n) is 2.41. The Bertz CT molecular complexity index is 513. The summed E-state index contributed by atoms with van der Waals surface area (Å²) in [5.74, 6) is -0.0227. The van der Waals surface area contributed by atoms with Crippen LogP contribution in [-0.2, 0) is 17.9 Å². The minimum atomic E-state index is -0.0227. The minimum Gasteiger partial charge on any atom is -0.352 e. The van der Waals surface area contributed by atoms with Crippen molar-refractivity contribution in [3.05, 3.63) is 47.5 Å². The van der Waals surface area contributed by atoms with Crippen LogP contribution in [0, 0.1) is 0 Å². The first kappa shape index (κ1) is 12.6. The largest absolute Gasteiger partial charge is 0.352 e. The Morgan fingerprint density at radius 3 is 3.06 bits per heavy atom. The molecule has 1 N–H and O–H groups in total. The van der Waals surface area contributed by atoms with Crippen LogP contribution in [0.3, 0.4) is 0 Å². The van der Waals surface area contributed by atoms with Gasteiger partial charge in [-0.15, -0.1) is 0 Å². The molecule has 1 heterocycles. The van der Waals surface area contributed by atoms with Crippen molar-refractivity contribution in [1.82, 2.24) is 20.1 Å². The van der Waals surface area contributed by atoms with Crippen molar-refractivity contribution in [2.45, 2.75) is 19.5 Å². The first-order valence-corrected chi connectivity index (χ1v) is 5.95. The van der Waals surface area contributed by atoms with Gasteiger partial charge in [0.25, 0.3) is 0 Å². The van der Waals surface area contributed by atoms with Crippen LogP contribution in [0.2, 0.25) is 5.02 Å². The number of rotatable bonds is 5. The second-order valence-electron chi connectivity index (χ2n) is 3.82. The summed E-state index contributed by atoms with van der Waals surface area (Å²) in [5.41, 5.74) is 0.983. The van der Waals surface area contributed by atoms with Crippen molar-refractivity contribution in [3.63, 3.8) is 0 Å². The number of aromatic nitrogens is 3. The number of carbonyl (C=O) groups excluding carboxylic acids is 1. The number of halogens is 1. The van der Waals surface area contributed by atoms with Crippen LogP contribution in [0.15, 0.2) is 36.9 Å². The smallest absolute Gasteiger partial charge is 0.222 e. The second kappa shape index (κ2) is 6.16. The average Bonchev–Trinajstić information content (AvgIpc) is 2.87.